The minimum absolute atomic E-state index is 0.0118. The molecule has 6 heteroatoms. The van der Waals surface area contributed by atoms with Gasteiger partial charge in [0.2, 0.25) is 5.91 Å². The number of nitrogens with one attached hydrogen (secondary N) is 1. The predicted octanol–water partition coefficient (Wildman–Crippen LogP) is 1.11. The van der Waals surface area contributed by atoms with E-state index < -0.39 is 11.2 Å². The van der Waals surface area contributed by atoms with E-state index in [9.17, 15) is 14.4 Å². The molecule has 1 aliphatic heterocycles. The fourth-order valence-electron chi connectivity index (χ4n) is 3.92. The summed E-state index contributed by atoms with van der Waals surface area (Å²) < 4.78 is 1.28. The number of rotatable bonds is 3. The highest BCUT2D eigenvalue weighted by Crippen LogP contribution is 2.34. The Labute approximate surface area is 129 Å². The van der Waals surface area contributed by atoms with Gasteiger partial charge in [-0.1, -0.05) is 19.3 Å². The first kappa shape index (κ1) is 15.1. The Morgan fingerprint density at radius 3 is 2.64 bits per heavy atom. The zero-order chi connectivity index (χ0) is 15.5. The van der Waals surface area contributed by atoms with Gasteiger partial charge < -0.3 is 4.90 Å². The maximum atomic E-state index is 12.6. The van der Waals surface area contributed by atoms with Crippen LogP contribution in [0.4, 0.5) is 0 Å². The molecule has 1 amide bonds. The fraction of sp³-hybridized carbons (Fsp3) is 0.688. The van der Waals surface area contributed by atoms with Crippen molar-refractivity contribution >= 4 is 5.91 Å². The second-order valence-corrected chi connectivity index (χ2v) is 6.43. The van der Waals surface area contributed by atoms with Gasteiger partial charge in [0.25, 0.3) is 5.56 Å². The number of nitrogens with zero attached hydrogens (tertiary/aromatic N) is 2. The van der Waals surface area contributed by atoms with Crippen LogP contribution in [-0.2, 0) is 11.3 Å². The van der Waals surface area contributed by atoms with E-state index in [0.717, 1.165) is 19.4 Å². The van der Waals surface area contributed by atoms with E-state index in [0.29, 0.717) is 12.0 Å². The van der Waals surface area contributed by atoms with Crippen LogP contribution >= 0.6 is 0 Å². The van der Waals surface area contributed by atoms with Crippen LogP contribution in [-0.4, -0.2) is 32.9 Å². The second kappa shape index (κ2) is 6.50. The quantitative estimate of drug-likeness (QED) is 0.909. The van der Waals surface area contributed by atoms with Crippen LogP contribution in [0, 0.1) is 5.92 Å². The molecule has 1 aromatic heterocycles. The van der Waals surface area contributed by atoms with E-state index in [1.165, 1.54) is 48.9 Å². The maximum absolute atomic E-state index is 12.6. The van der Waals surface area contributed by atoms with Crippen molar-refractivity contribution in [3.8, 4) is 0 Å². The monoisotopic (exact) mass is 305 g/mol. The van der Waals surface area contributed by atoms with E-state index in [1.54, 1.807) is 0 Å². The third-order valence-corrected chi connectivity index (χ3v) is 5.02. The SMILES string of the molecule is O=C(Cn1ccc(=O)[nH]c1=O)N1CCC[C@@H]1C1CCCCC1. The zero-order valence-electron chi connectivity index (χ0n) is 12.8. The third-order valence-electron chi connectivity index (χ3n) is 5.02. The summed E-state index contributed by atoms with van der Waals surface area (Å²) in [7, 11) is 0. The van der Waals surface area contributed by atoms with Crippen molar-refractivity contribution in [1.29, 1.82) is 0 Å². The van der Waals surface area contributed by atoms with Crippen LogP contribution in [0.5, 0.6) is 0 Å². The molecule has 1 saturated carbocycles. The van der Waals surface area contributed by atoms with E-state index in [4.69, 9.17) is 0 Å². The molecule has 22 heavy (non-hydrogen) atoms. The minimum atomic E-state index is -0.519. The summed E-state index contributed by atoms with van der Waals surface area (Å²) in [6, 6.07) is 1.61. The molecule has 2 heterocycles. The molecule has 0 aromatic carbocycles. The largest absolute Gasteiger partial charge is 0.338 e. The summed E-state index contributed by atoms with van der Waals surface area (Å²) >= 11 is 0. The van der Waals surface area contributed by atoms with Crippen molar-refractivity contribution in [3.63, 3.8) is 0 Å². The number of aromatic nitrogens is 2. The Morgan fingerprint density at radius 1 is 1.14 bits per heavy atom. The number of amides is 1. The van der Waals surface area contributed by atoms with Gasteiger partial charge in [-0.2, -0.15) is 0 Å². The lowest BCUT2D eigenvalue weighted by atomic mass is 9.83. The molecule has 0 unspecified atom stereocenters. The Kier molecular flexibility index (Phi) is 4.45. The smallest absolute Gasteiger partial charge is 0.328 e. The lowest BCUT2D eigenvalue weighted by Crippen LogP contribution is -2.44. The highest BCUT2D eigenvalue weighted by molar-refractivity contribution is 5.76. The molecule has 1 aliphatic carbocycles. The van der Waals surface area contributed by atoms with Crippen molar-refractivity contribution in [1.82, 2.24) is 14.5 Å². The van der Waals surface area contributed by atoms with Crippen molar-refractivity contribution in [2.75, 3.05) is 6.54 Å². The lowest BCUT2D eigenvalue weighted by molar-refractivity contribution is -0.133. The van der Waals surface area contributed by atoms with Crippen LogP contribution < -0.4 is 11.2 Å². The zero-order valence-corrected chi connectivity index (χ0v) is 12.8. The molecule has 120 valence electrons. The van der Waals surface area contributed by atoms with E-state index in [1.807, 2.05) is 4.90 Å². The molecule has 2 aliphatic rings. The highest BCUT2D eigenvalue weighted by atomic mass is 16.2. The van der Waals surface area contributed by atoms with Gasteiger partial charge in [0.05, 0.1) is 0 Å². The number of carbonyl (C=O) groups is 1. The number of hydrogen-bond donors (Lipinski definition) is 1. The van der Waals surface area contributed by atoms with Gasteiger partial charge in [0, 0.05) is 24.8 Å². The standard InChI is InChI=1S/C16H23N3O3/c20-14-8-10-18(16(22)17-14)11-15(21)19-9-4-7-13(19)12-5-2-1-3-6-12/h8,10,12-13H,1-7,9,11H2,(H,17,20,22)/t13-/m1/s1. The lowest BCUT2D eigenvalue weighted by Gasteiger charge is -2.34. The van der Waals surface area contributed by atoms with Gasteiger partial charge in [-0.3, -0.25) is 19.1 Å². The Bertz CT molecular complexity index is 643. The summed E-state index contributed by atoms with van der Waals surface area (Å²) in [5.41, 5.74) is -0.954. The van der Waals surface area contributed by atoms with Crippen LogP contribution in [0.3, 0.4) is 0 Å². The molecule has 3 rings (SSSR count). The van der Waals surface area contributed by atoms with Gasteiger partial charge in [-0.15, -0.1) is 0 Å². The van der Waals surface area contributed by atoms with E-state index >= 15 is 0 Å². The Hall–Kier alpha value is -1.85. The van der Waals surface area contributed by atoms with E-state index in [2.05, 4.69) is 4.98 Å². The molecule has 0 spiro atoms. The predicted molar refractivity (Wildman–Crippen MR) is 82.6 cm³/mol. The summed E-state index contributed by atoms with van der Waals surface area (Å²) in [5, 5.41) is 0. The highest BCUT2D eigenvalue weighted by Gasteiger charge is 2.35. The number of H-pyrrole nitrogens is 1. The Morgan fingerprint density at radius 2 is 1.91 bits per heavy atom. The second-order valence-electron chi connectivity index (χ2n) is 6.43. The molecular formula is C16H23N3O3. The first-order chi connectivity index (χ1) is 10.6. The molecule has 0 bridgehead atoms. The number of aromatic amines is 1. The molecule has 2 fully saturated rings. The van der Waals surface area contributed by atoms with Crippen molar-refractivity contribution < 1.29 is 4.79 Å². The molecule has 1 saturated heterocycles. The first-order valence-corrected chi connectivity index (χ1v) is 8.24. The molecule has 0 radical (unpaired) electrons. The van der Waals surface area contributed by atoms with Gasteiger partial charge in [0.1, 0.15) is 6.54 Å². The summed E-state index contributed by atoms with van der Waals surface area (Å²) in [6.45, 7) is 0.803. The minimum Gasteiger partial charge on any atom is -0.338 e. The Balaban J connectivity index is 1.70. The topological polar surface area (TPSA) is 75.2 Å². The van der Waals surface area contributed by atoms with Crippen LogP contribution in [0.25, 0.3) is 0 Å². The van der Waals surface area contributed by atoms with Gasteiger partial charge >= 0.3 is 5.69 Å². The molecular weight excluding hydrogens is 282 g/mol. The molecule has 1 atom stereocenters. The number of likely N-dealkylation sites (tertiary alicyclic amines) is 1. The van der Waals surface area contributed by atoms with Crippen molar-refractivity contribution in [2.45, 2.75) is 57.5 Å². The first-order valence-electron chi connectivity index (χ1n) is 8.24. The molecule has 6 nitrogen and oxygen atoms in total. The normalized spacial score (nSPS) is 22.9. The van der Waals surface area contributed by atoms with Gasteiger partial charge in [0.15, 0.2) is 0 Å². The summed E-state index contributed by atoms with van der Waals surface area (Å²) in [4.78, 5) is 39.5. The fourth-order valence-corrected chi connectivity index (χ4v) is 3.92. The molecule has 1 N–H and O–H groups in total. The number of carbonyl (C=O) groups excluding carboxylic acids is 1. The van der Waals surface area contributed by atoms with Crippen molar-refractivity contribution in [3.05, 3.63) is 33.1 Å². The summed E-state index contributed by atoms with van der Waals surface area (Å²) in [5.74, 6) is 0.606. The average Bonchev–Trinajstić information content (AvgIpc) is 3.00. The maximum Gasteiger partial charge on any atom is 0.328 e. The van der Waals surface area contributed by atoms with Crippen molar-refractivity contribution in [2.24, 2.45) is 5.92 Å². The van der Waals surface area contributed by atoms with Gasteiger partial charge in [-0.05, 0) is 31.6 Å². The van der Waals surface area contributed by atoms with E-state index in [-0.39, 0.29) is 12.5 Å². The van der Waals surface area contributed by atoms with Crippen LogP contribution in [0.2, 0.25) is 0 Å². The summed E-state index contributed by atoms with van der Waals surface area (Å²) in [6.07, 6.45) is 9.80. The number of hydrogen-bond acceptors (Lipinski definition) is 3. The molecule has 1 aromatic rings. The van der Waals surface area contributed by atoms with Crippen LogP contribution in [0.1, 0.15) is 44.9 Å². The van der Waals surface area contributed by atoms with Crippen LogP contribution in [0.15, 0.2) is 21.9 Å². The third kappa shape index (κ3) is 3.15. The average molecular weight is 305 g/mol. The van der Waals surface area contributed by atoms with Gasteiger partial charge in [-0.25, -0.2) is 4.79 Å².